The SMILES string of the molecule is CNC(c1cnns1)c1cnnn1-c1ccccc1. The Morgan fingerprint density at radius 3 is 2.68 bits per heavy atom. The maximum Gasteiger partial charge on any atom is 0.0893 e. The summed E-state index contributed by atoms with van der Waals surface area (Å²) < 4.78 is 5.73. The van der Waals surface area contributed by atoms with Gasteiger partial charge in [-0.05, 0) is 30.7 Å². The lowest BCUT2D eigenvalue weighted by molar-refractivity contribution is 0.641. The van der Waals surface area contributed by atoms with Gasteiger partial charge in [0.1, 0.15) is 0 Å². The Hall–Kier alpha value is -2.12. The summed E-state index contributed by atoms with van der Waals surface area (Å²) in [5, 5.41) is 15.3. The normalized spacial score (nSPS) is 12.5. The fourth-order valence-corrected chi connectivity index (χ4v) is 2.57. The van der Waals surface area contributed by atoms with Crippen molar-refractivity contribution in [3.05, 3.63) is 53.3 Å². The molecule has 7 heteroatoms. The number of rotatable bonds is 4. The first kappa shape index (κ1) is 11.9. The minimum absolute atomic E-state index is 0.0183. The molecule has 0 saturated carbocycles. The Kier molecular flexibility index (Phi) is 3.30. The lowest BCUT2D eigenvalue weighted by Gasteiger charge is -2.14. The van der Waals surface area contributed by atoms with Crippen molar-refractivity contribution >= 4 is 11.5 Å². The molecular weight excluding hydrogens is 260 g/mol. The largest absolute Gasteiger partial charge is 0.307 e. The smallest absolute Gasteiger partial charge is 0.0893 e. The second-order valence-corrected chi connectivity index (χ2v) is 4.77. The molecule has 0 fully saturated rings. The zero-order valence-electron chi connectivity index (χ0n) is 10.3. The Morgan fingerprint density at radius 2 is 2.00 bits per heavy atom. The second kappa shape index (κ2) is 5.25. The summed E-state index contributed by atoms with van der Waals surface area (Å²) in [6.07, 6.45) is 3.52. The summed E-state index contributed by atoms with van der Waals surface area (Å²) in [6, 6.07) is 9.90. The molecule has 2 heterocycles. The van der Waals surface area contributed by atoms with Crippen LogP contribution in [0.3, 0.4) is 0 Å². The molecule has 6 nitrogen and oxygen atoms in total. The summed E-state index contributed by atoms with van der Waals surface area (Å²) in [7, 11) is 1.90. The fourth-order valence-electron chi connectivity index (χ4n) is 1.95. The number of aromatic nitrogens is 5. The van der Waals surface area contributed by atoms with E-state index in [2.05, 4.69) is 25.2 Å². The van der Waals surface area contributed by atoms with E-state index in [0.717, 1.165) is 16.3 Å². The number of nitrogens with one attached hydrogen (secondary N) is 1. The van der Waals surface area contributed by atoms with Gasteiger partial charge in [0.2, 0.25) is 0 Å². The topological polar surface area (TPSA) is 68.5 Å². The van der Waals surface area contributed by atoms with Gasteiger partial charge in [-0.1, -0.05) is 27.9 Å². The van der Waals surface area contributed by atoms with Gasteiger partial charge < -0.3 is 5.32 Å². The van der Waals surface area contributed by atoms with Crippen LogP contribution < -0.4 is 5.32 Å². The zero-order valence-corrected chi connectivity index (χ0v) is 11.1. The van der Waals surface area contributed by atoms with Crippen LogP contribution in [0.5, 0.6) is 0 Å². The predicted octanol–water partition coefficient (Wildman–Crippen LogP) is 1.43. The molecule has 1 aromatic carbocycles. The van der Waals surface area contributed by atoms with Crippen molar-refractivity contribution in [2.24, 2.45) is 0 Å². The Balaban J connectivity index is 2.04. The average Bonchev–Trinajstić information content (AvgIpc) is 3.12. The molecule has 0 spiro atoms. The van der Waals surface area contributed by atoms with Crippen molar-refractivity contribution < 1.29 is 0 Å². The van der Waals surface area contributed by atoms with Crippen molar-refractivity contribution in [2.45, 2.75) is 6.04 Å². The number of hydrogen-bond acceptors (Lipinski definition) is 6. The minimum Gasteiger partial charge on any atom is -0.307 e. The van der Waals surface area contributed by atoms with Gasteiger partial charge in [0, 0.05) is 0 Å². The third kappa shape index (κ3) is 2.25. The summed E-state index contributed by atoms with van der Waals surface area (Å²) in [5.74, 6) is 0. The van der Waals surface area contributed by atoms with Gasteiger partial charge in [-0.2, -0.15) is 0 Å². The maximum atomic E-state index is 4.16. The molecule has 0 aliphatic rings. The van der Waals surface area contributed by atoms with Gasteiger partial charge in [-0.15, -0.1) is 10.2 Å². The van der Waals surface area contributed by atoms with Crippen LogP contribution in [0.2, 0.25) is 0 Å². The fraction of sp³-hybridized carbons (Fsp3) is 0.167. The highest BCUT2D eigenvalue weighted by Gasteiger charge is 2.20. The lowest BCUT2D eigenvalue weighted by Crippen LogP contribution is -2.20. The number of hydrogen-bond donors (Lipinski definition) is 1. The van der Waals surface area contributed by atoms with E-state index in [9.17, 15) is 0 Å². The quantitative estimate of drug-likeness (QED) is 0.778. The summed E-state index contributed by atoms with van der Waals surface area (Å²) in [4.78, 5) is 1.03. The molecule has 1 N–H and O–H groups in total. The summed E-state index contributed by atoms with van der Waals surface area (Å²) in [6.45, 7) is 0. The van der Waals surface area contributed by atoms with E-state index in [1.165, 1.54) is 11.5 Å². The molecule has 3 rings (SSSR count). The predicted molar refractivity (Wildman–Crippen MR) is 72.2 cm³/mol. The molecule has 2 aromatic heterocycles. The Bertz CT molecular complexity index is 633. The van der Waals surface area contributed by atoms with Crippen LogP contribution in [-0.2, 0) is 0 Å². The molecular formula is C12H12N6S. The second-order valence-electron chi connectivity index (χ2n) is 3.95. The van der Waals surface area contributed by atoms with Crippen LogP contribution in [0.15, 0.2) is 42.7 Å². The molecule has 0 aliphatic heterocycles. The standard InChI is InChI=1S/C12H12N6S/c1-13-12(11-8-15-17-19-11)10-7-14-16-18(10)9-5-3-2-4-6-9/h2-8,12-13H,1H3. The van der Waals surface area contributed by atoms with Gasteiger partial charge in [0.25, 0.3) is 0 Å². The van der Waals surface area contributed by atoms with Crippen LogP contribution in [-0.4, -0.2) is 31.6 Å². The van der Waals surface area contributed by atoms with Gasteiger partial charge in [-0.25, -0.2) is 4.68 Å². The number of para-hydroxylation sites is 1. The summed E-state index contributed by atoms with van der Waals surface area (Å²) >= 11 is 1.37. The van der Waals surface area contributed by atoms with E-state index < -0.39 is 0 Å². The van der Waals surface area contributed by atoms with Crippen molar-refractivity contribution in [3.8, 4) is 5.69 Å². The van der Waals surface area contributed by atoms with Crippen LogP contribution in [0.1, 0.15) is 16.6 Å². The highest BCUT2D eigenvalue weighted by atomic mass is 32.1. The first-order valence-corrected chi connectivity index (χ1v) is 6.58. The minimum atomic E-state index is -0.0183. The molecule has 96 valence electrons. The maximum absolute atomic E-state index is 4.16. The molecule has 0 saturated heterocycles. The van der Waals surface area contributed by atoms with Gasteiger partial charge in [0.15, 0.2) is 0 Å². The van der Waals surface area contributed by atoms with E-state index in [4.69, 9.17) is 0 Å². The van der Waals surface area contributed by atoms with Crippen LogP contribution in [0, 0.1) is 0 Å². The van der Waals surface area contributed by atoms with E-state index >= 15 is 0 Å². The molecule has 19 heavy (non-hydrogen) atoms. The molecule has 3 aromatic rings. The molecule has 0 amide bonds. The van der Waals surface area contributed by atoms with Crippen molar-refractivity contribution in [1.29, 1.82) is 0 Å². The van der Waals surface area contributed by atoms with Crippen LogP contribution in [0.25, 0.3) is 5.69 Å². The average molecular weight is 272 g/mol. The Labute approximate surface area is 114 Å². The molecule has 0 aliphatic carbocycles. The van der Waals surface area contributed by atoms with Gasteiger partial charge in [-0.3, -0.25) is 0 Å². The summed E-state index contributed by atoms with van der Waals surface area (Å²) in [5.41, 5.74) is 1.94. The monoisotopic (exact) mass is 272 g/mol. The van der Waals surface area contributed by atoms with Gasteiger partial charge >= 0.3 is 0 Å². The van der Waals surface area contributed by atoms with Crippen molar-refractivity contribution in [2.75, 3.05) is 7.05 Å². The molecule has 0 bridgehead atoms. The zero-order chi connectivity index (χ0) is 13.1. The third-order valence-electron chi connectivity index (χ3n) is 2.82. The lowest BCUT2D eigenvalue weighted by atomic mass is 10.2. The number of benzene rings is 1. The van der Waals surface area contributed by atoms with E-state index in [0.29, 0.717) is 0 Å². The Morgan fingerprint density at radius 1 is 1.16 bits per heavy atom. The first-order chi connectivity index (χ1) is 9.40. The van der Waals surface area contributed by atoms with Crippen LogP contribution >= 0.6 is 11.5 Å². The highest BCUT2D eigenvalue weighted by molar-refractivity contribution is 7.05. The molecule has 1 atom stereocenters. The third-order valence-corrected chi connectivity index (χ3v) is 3.55. The van der Waals surface area contributed by atoms with E-state index in [-0.39, 0.29) is 6.04 Å². The van der Waals surface area contributed by atoms with Gasteiger partial charge in [0.05, 0.1) is 34.7 Å². The van der Waals surface area contributed by atoms with E-state index in [1.807, 2.05) is 42.1 Å². The van der Waals surface area contributed by atoms with E-state index in [1.54, 1.807) is 12.4 Å². The first-order valence-electron chi connectivity index (χ1n) is 5.80. The molecule has 0 radical (unpaired) electrons. The molecule has 1 unspecified atom stereocenters. The van der Waals surface area contributed by atoms with Crippen molar-refractivity contribution in [1.82, 2.24) is 29.9 Å². The number of nitrogens with zero attached hydrogens (tertiary/aromatic N) is 5. The van der Waals surface area contributed by atoms with Crippen LogP contribution in [0.4, 0.5) is 0 Å². The van der Waals surface area contributed by atoms with Crippen molar-refractivity contribution in [3.63, 3.8) is 0 Å². The highest BCUT2D eigenvalue weighted by Crippen LogP contribution is 2.24.